The lowest BCUT2D eigenvalue weighted by Crippen LogP contribution is -2.37. The Hall–Kier alpha value is -2.63. The summed E-state index contributed by atoms with van der Waals surface area (Å²) in [6.07, 6.45) is -7.71. The van der Waals surface area contributed by atoms with E-state index in [0.29, 0.717) is 20.6 Å². The summed E-state index contributed by atoms with van der Waals surface area (Å²) in [6, 6.07) is 10.6. The maximum atomic E-state index is 13.0. The van der Waals surface area contributed by atoms with E-state index in [0.717, 1.165) is 9.25 Å². The summed E-state index contributed by atoms with van der Waals surface area (Å²) >= 11 is 9.15. The Morgan fingerprint density at radius 1 is 1.25 bits per heavy atom. The van der Waals surface area contributed by atoms with Crippen LogP contribution in [0.25, 0.3) is 11.4 Å². The third-order valence-electron chi connectivity index (χ3n) is 4.55. The van der Waals surface area contributed by atoms with E-state index >= 15 is 0 Å². The van der Waals surface area contributed by atoms with Gasteiger partial charge in [0, 0.05) is 15.1 Å². The predicted molar refractivity (Wildman–Crippen MR) is 114 cm³/mol. The van der Waals surface area contributed by atoms with E-state index in [1.807, 2.05) is 0 Å². The van der Waals surface area contributed by atoms with E-state index in [1.54, 1.807) is 12.1 Å². The van der Waals surface area contributed by atoms with E-state index in [1.165, 1.54) is 37.4 Å². The maximum absolute atomic E-state index is 13.0. The van der Waals surface area contributed by atoms with Gasteiger partial charge in [0.15, 0.2) is 11.9 Å². The molecule has 1 aromatic heterocycles. The van der Waals surface area contributed by atoms with E-state index < -0.39 is 30.5 Å². The van der Waals surface area contributed by atoms with Gasteiger partial charge in [0.05, 0.1) is 25.8 Å². The molecule has 0 fully saturated rings. The fourth-order valence-corrected chi connectivity index (χ4v) is 3.50. The zero-order valence-electron chi connectivity index (χ0n) is 16.4. The molecule has 0 aliphatic heterocycles. The second-order valence-corrected chi connectivity index (χ2v) is 8.08. The fraction of sp³-hybridized carbons (Fsp3) is 0.250. The van der Waals surface area contributed by atoms with E-state index in [-0.39, 0.29) is 17.9 Å². The van der Waals surface area contributed by atoms with Crippen molar-refractivity contribution in [1.82, 2.24) is 14.3 Å². The van der Waals surface area contributed by atoms with Crippen molar-refractivity contribution in [2.45, 2.75) is 25.4 Å². The quantitative estimate of drug-likeness (QED) is 0.485. The van der Waals surface area contributed by atoms with Crippen LogP contribution in [0.3, 0.4) is 0 Å². The average Bonchev–Trinajstić information content (AvgIpc) is 3.03. The number of ether oxygens (including phenoxy) is 1. The molecule has 3 aromatic rings. The van der Waals surface area contributed by atoms with Crippen LogP contribution in [0.4, 0.5) is 13.2 Å². The number of hydrogen-bond donors (Lipinski definition) is 1. The first kappa shape index (κ1) is 24.0. The number of esters is 1. The molecule has 7 nitrogen and oxygen atoms in total. The largest absolute Gasteiger partial charge is 0.465 e. The Morgan fingerprint density at radius 3 is 2.50 bits per heavy atom. The molecule has 1 atom stereocenters. The number of methoxy groups -OCH3 is 1. The van der Waals surface area contributed by atoms with Crippen molar-refractivity contribution >= 4 is 33.5 Å². The number of aliphatic hydroxyl groups excluding tert-OH is 1. The minimum atomic E-state index is -4.93. The molecule has 0 aliphatic carbocycles. The number of alkyl halides is 3. The molecule has 1 heterocycles. The first-order valence-corrected chi connectivity index (χ1v) is 10.2. The van der Waals surface area contributed by atoms with Crippen LogP contribution in [-0.4, -0.2) is 44.8 Å². The molecule has 0 aliphatic rings. The number of rotatable bonds is 6. The van der Waals surface area contributed by atoms with E-state index in [2.05, 4.69) is 21.0 Å². The van der Waals surface area contributed by atoms with Crippen LogP contribution < -0.4 is 5.69 Å². The molecular weight excluding hydrogens is 519 g/mol. The monoisotopic (exact) mass is 533 g/mol. The molecule has 0 spiro atoms. The number of aromatic nitrogens is 3. The molecular formula is C20H16BrClF3N3O4. The normalized spacial score (nSPS) is 12.6. The molecule has 0 saturated carbocycles. The number of hydrogen-bond acceptors (Lipinski definition) is 5. The van der Waals surface area contributed by atoms with Crippen LogP contribution >= 0.6 is 27.5 Å². The van der Waals surface area contributed by atoms with Crippen LogP contribution in [0.5, 0.6) is 0 Å². The lowest BCUT2D eigenvalue weighted by Gasteiger charge is -2.15. The summed E-state index contributed by atoms with van der Waals surface area (Å²) in [5, 5.41) is 14.1. The molecule has 0 radical (unpaired) electrons. The van der Waals surface area contributed by atoms with Gasteiger partial charge >= 0.3 is 17.8 Å². The van der Waals surface area contributed by atoms with Gasteiger partial charge in [-0.15, -0.1) is 5.10 Å². The summed E-state index contributed by atoms with van der Waals surface area (Å²) in [5.41, 5.74) is -0.0476. The van der Waals surface area contributed by atoms with Crippen LogP contribution in [0.2, 0.25) is 5.02 Å². The molecule has 0 saturated heterocycles. The maximum Gasteiger partial charge on any atom is 0.416 e. The van der Waals surface area contributed by atoms with Crippen molar-refractivity contribution in [2.24, 2.45) is 0 Å². The number of nitrogens with zero attached hydrogens (tertiary/aromatic N) is 3. The van der Waals surface area contributed by atoms with Crippen LogP contribution in [-0.2, 0) is 17.8 Å². The zero-order valence-corrected chi connectivity index (χ0v) is 18.8. The lowest BCUT2D eigenvalue weighted by molar-refractivity contribution is -0.207. The Labute approximate surface area is 193 Å². The van der Waals surface area contributed by atoms with Gasteiger partial charge in [0.1, 0.15) is 0 Å². The van der Waals surface area contributed by atoms with E-state index in [9.17, 15) is 27.9 Å². The van der Waals surface area contributed by atoms with Crippen molar-refractivity contribution in [3.63, 3.8) is 0 Å². The fourth-order valence-electron chi connectivity index (χ4n) is 2.96. The Bertz CT molecular complexity index is 1190. The van der Waals surface area contributed by atoms with Gasteiger partial charge in [0.25, 0.3) is 0 Å². The molecule has 2 aromatic carbocycles. The second-order valence-electron chi connectivity index (χ2n) is 6.73. The molecule has 170 valence electrons. The highest BCUT2D eigenvalue weighted by Crippen LogP contribution is 2.24. The second kappa shape index (κ2) is 9.47. The van der Waals surface area contributed by atoms with Crippen molar-refractivity contribution in [3.05, 3.63) is 73.6 Å². The highest BCUT2D eigenvalue weighted by atomic mass is 79.9. The molecule has 32 heavy (non-hydrogen) atoms. The van der Waals surface area contributed by atoms with Crippen molar-refractivity contribution in [1.29, 1.82) is 0 Å². The summed E-state index contributed by atoms with van der Waals surface area (Å²) in [6.45, 7) is -1.28. The smallest absolute Gasteiger partial charge is 0.416 e. The number of aliphatic hydroxyl groups is 1. The lowest BCUT2D eigenvalue weighted by atomic mass is 10.1. The van der Waals surface area contributed by atoms with E-state index in [4.69, 9.17) is 16.3 Å². The molecule has 0 bridgehead atoms. The topological polar surface area (TPSA) is 86.3 Å². The van der Waals surface area contributed by atoms with Crippen LogP contribution in [0.1, 0.15) is 15.9 Å². The van der Waals surface area contributed by atoms with Gasteiger partial charge in [-0.2, -0.15) is 13.2 Å². The summed E-state index contributed by atoms with van der Waals surface area (Å²) < 4.78 is 45.9. The van der Waals surface area contributed by atoms with Crippen LogP contribution in [0.15, 0.2) is 51.7 Å². The highest BCUT2D eigenvalue weighted by molar-refractivity contribution is 9.10. The molecule has 0 amide bonds. The predicted octanol–water partition coefficient (Wildman–Crippen LogP) is 3.89. The van der Waals surface area contributed by atoms with Crippen molar-refractivity contribution in [3.8, 4) is 11.4 Å². The molecule has 3 rings (SSSR count). The van der Waals surface area contributed by atoms with Gasteiger partial charge < -0.3 is 9.84 Å². The number of halogens is 5. The third-order valence-corrected chi connectivity index (χ3v) is 5.30. The Balaban J connectivity index is 2.11. The van der Waals surface area contributed by atoms with Gasteiger partial charge in [-0.05, 0) is 48.0 Å². The van der Waals surface area contributed by atoms with Crippen molar-refractivity contribution in [2.75, 3.05) is 7.11 Å². The third kappa shape index (κ3) is 5.22. The Morgan fingerprint density at radius 2 is 1.91 bits per heavy atom. The van der Waals surface area contributed by atoms with Gasteiger partial charge in [-0.25, -0.2) is 14.3 Å². The van der Waals surface area contributed by atoms with Crippen molar-refractivity contribution < 1.29 is 27.8 Å². The number of carbonyl (C=O) groups is 1. The SMILES string of the molecule is COC(=O)c1ccc(Br)cc1Cn1nc(-c2ccc(Cl)cc2)n(CC(O)C(F)(F)F)c1=O. The minimum absolute atomic E-state index is 0.0930. The molecule has 1 unspecified atom stereocenters. The number of carbonyl (C=O) groups excluding carboxylic acids is 1. The number of benzene rings is 2. The minimum Gasteiger partial charge on any atom is -0.465 e. The van der Waals surface area contributed by atoms with Crippen LogP contribution in [0, 0.1) is 0 Å². The summed E-state index contributed by atoms with van der Waals surface area (Å²) in [7, 11) is 1.20. The molecule has 12 heteroatoms. The summed E-state index contributed by atoms with van der Waals surface area (Å²) in [4.78, 5) is 25.0. The first-order chi connectivity index (χ1) is 15.0. The van der Waals surface area contributed by atoms with Gasteiger partial charge in [-0.3, -0.25) is 4.57 Å². The van der Waals surface area contributed by atoms with Gasteiger partial charge in [-0.1, -0.05) is 27.5 Å². The Kier molecular flexibility index (Phi) is 7.11. The standard InChI is InChI=1S/C20H16BrClF3N3O4/c1-32-18(30)15-7-4-13(21)8-12(15)9-28-19(31)27(10-16(29)20(23,24)25)17(26-28)11-2-5-14(22)6-3-11/h2-8,16,29H,9-10H2,1H3. The molecule has 1 N–H and O–H groups in total. The average molecular weight is 535 g/mol. The summed E-state index contributed by atoms with van der Waals surface area (Å²) in [5.74, 6) is -0.741. The first-order valence-electron chi connectivity index (χ1n) is 9.06. The van der Waals surface area contributed by atoms with Gasteiger partial charge in [0.2, 0.25) is 0 Å². The zero-order chi connectivity index (χ0) is 23.6. The highest BCUT2D eigenvalue weighted by Gasteiger charge is 2.39.